The third-order valence-corrected chi connectivity index (χ3v) is 4.98. The summed E-state index contributed by atoms with van der Waals surface area (Å²) < 4.78 is 10.2. The molecule has 3 rings (SSSR count). The summed E-state index contributed by atoms with van der Waals surface area (Å²) in [4.78, 5) is 28.8. The summed E-state index contributed by atoms with van der Waals surface area (Å²) in [5.74, 6) is 0.866. The molecule has 3 heterocycles. The van der Waals surface area contributed by atoms with Gasteiger partial charge in [-0.2, -0.15) is 0 Å². The minimum Gasteiger partial charge on any atom is -0.469 e. The average molecular weight is 386 g/mol. The Morgan fingerprint density at radius 1 is 1.07 bits per heavy atom. The predicted molar refractivity (Wildman–Crippen MR) is 98.2 cm³/mol. The van der Waals surface area contributed by atoms with E-state index in [1.165, 1.54) is 24.1 Å². The third-order valence-electron chi connectivity index (χ3n) is 3.94. The summed E-state index contributed by atoms with van der Waals surface area (Å²) in [6, 6.07) is 4.84. The van der Waals surface area contributed by atoms with Crippen LogP contribution in [-0.4, -0.2) is 22.0 Å². The molecule has 0 aliphatic carbocycles. The van der Waals surface area contributed by atoms with Crippen molar-refractivity contribution in [2.24, 2.45) is 0 Å². The number of rotatable bonds is 5. The second-order valence-corrected chi connectivity index (χ2v) is 6.71. The van der Waals surface area contributed by atoms with Crippen LogP contribution in [-0.2, 0) is 5.75 Å². The number of nitrogens with one attached hydrogen (secondary N) is 2. The van der Waals surface area contributed by atoms with Crippen molar-refractivity contribution in [2.75, 3.05) is 0 Å². The summed E-state index contributed by atoms with van der Waals surface area (Å²) in [5, 5.41) is 4.47. The van der Waals surface area contributed by atoms with Gasteiger partial charge in [0.05, 0.1) is 23.1 Å². The van der Waals surface area contributed by atoms with Crippen molar-refractivity contribution < 1.29 is 18.5 Å². The molecule has 9 heteroatoms. The van der Waals surface area contributed by atoms with Crippen LogP contribution in [0.4, 0.5) is 0 Å². The molecule has 0 aromatic carbocycles. The number of nitrogens with zero attached hydrogens (tertiary/aromatic N) is 2. The highest BCUT2D eigenvalue weighted by atomic mass is 32.2. The van der Waals surface area contributed by atoms with Crippen LogP contribution in [0.5, 0.6) is 0 Å². The number of hydrazine groups is 1. The van der Waals surface area contributed by atoms with Gasteiger partial charge in [0.2, 0.25) is 0 Å². The van der Waals surface area contributed by atoms with E-state index in [-0.39, 0.29) is 0 Å². The molecule has 0 aliphatic heterocycles. The van der Waals surface area contributed by atoms with Gasteiger partial charge in [-0.15, -0.1) is 11.8 Å². The Morgan fingerprint density at radius 2 is 1.81 bits per heavy atom. The molecule has 2 amide bonds. The lowest BCUT2D eigenvalue weighted by atomic mass is 10.2. The van der Waals surface area contributed by atoms with Gasteiger partial charge in [0.15, 0.2) is 0 Å². The minimum absolute atomic E-state index is 0.356. The molecule has 140 valence electrons. The highest BCUT2D eigenvalue weighted by Gasteiger charge is 2.17. The monoisotopic (exact) mass is 386 g/mol. The maximum atomic E-state index is 12.5. The normalized spacial score (nSPS) is 10.6. The fraction of sp³-hybridized carbons (Fsp3) is 0.222. The Bertz CT molecular complexity index is 960. The second-order valence-electron chi connectivity index (χ2n) is 5.75. The maximum Gasteiger partial charge on any atom is 0.273 e. The van der Waals surface area contributed by atoms with Crippen LogP contribution in [0.3, 0.4) is 0 Å². The molecule has 0 radical (unpaired) electrons. The van der Waals surface area contributed by atoms with Crippen LogP contribution in [0, 0.1) is 20.8 Å². The number of aryl methyl sites for hydroxylation is 3. The van der Waals surface area contributed by atoms with E-state index < -0.39 is 11.8 Å². The van der Waals surface area contributed by atoms with E-state index in [9.17, 15) is 9.59 Å². The largest absolute Gasteiger partial charge is 0.469 e. The number of furan rings is 1. The van der Waals surface area contributed by atoms with Crippen LogP contribution < -0.4 is 10.9 Å². The van der Waals surface area contributed by atoms with Crippen LogP contribution in [0.1, 0.15) is 43.5 Å². The van der Waals surface area contributed by atoms with E-state index in [4.69, 9.17) is 8.94 Å². The van der Waals surface area contributed by atoms with Crippen LogP contribution in [0.25, 0.3) is 0 Å². The fourth-order valence-electron chi connectivity index (χ4n) is 2.40. The minimum atomic E-state index is -0.459. The zero-order valence-corrected chi connectivity index (χ0v) is 15.8. The molecule has 2 N–H and O–H groups in total. The summed E-state index contributed by atoms with van der Waals surface area (Å²) >= 11 is 1.40. The average Bonchev–Trinajstić information content (AvgIpc) is 3.23. The van der Waals surface area contributed by atoms with Gasteiger partial charge in [-0.1, -0.05) is 5.16 Å². The molecule has 0 aliphatic rings. The van der Waals surface area contributed by atoms with E-state index >= 15 is 0 Å². The molecule has 0 bridgehead atoms. The molecular formula is C18H18N4O4S. The standard InChI is InChI=1S/C18H18N4O4S/c1-10-15(12(3)26-22-10)9-27-18-14(5-4-7-19-18)17(24)21-20-16(23)13-6-8-25-11(13)2/h4-8H,9H2,1-3H3,(H,20,23)(H,21,24). The maximum absolute atomic E-state index is 12.5. The molecule has 0 saturated heterocycles. The Morgan fingerprint density at radius 3 is 2.44 bits per heavy atom. The third kappa shape index (κ3) is 4.20. The topological polar surface area (TPSA) is 110 Å². The summed E-state index contributed by atoms with van der Waals surface area (Å²) in [6.45, 7) is 5.38. The van der Waals surface area contributed by atoms with Crippen molar-refractivity contribution in [3.05, 3.63) is 64.6 Å². The van der Waals surface area contributed by atoms with Crippen molar-refractivity contribution in [2.45, 2.75) is 31.6 Å². The predicted octanol–water partition coefficient (Wildman–Crippen LogP) is 2.95. The lowest BCUT2D eigenvalue weighted by molar-refractivity contribution is 0.0843. The van der Waals surface area contributed by atoms with Gasteiger partial charge in [0, 0.05) is 17.5 Å². The van der Waals surface area contributed by atoms with E-state index in [1.807, 2.05) is 13.8 Å². The molecule has 0 atom stereocenters. The first-order chi connectivity index (χ1) is 13.0. The Balaban J connectivity index is 1.67. The van der Waals surface area contributed by atoms with Gasteiger partial charge in [-0.05, 0) is 39.0 Å². The Labute approximate surface area is 159 Å². The first-order valence-electron chi connectivity index (χ1n) is 8.11. The molecule has 0 fully saturated rings. The van der Waals surface area contributed by atoms with Gasteiger partial charge in [-0.25, -0.2) is 4.98 Å². The van der Waals surface area contributed by atoms with Crippen molar-refractivity contribution in [1.82, 2.24) is 21.0 Å². The van der Waals surface area contributed by atoms with Gasteiger partial charge in [0.1, 0.15) is 16.5 Å². The number of pyridine rings is 1. The van der Waals surface area contributed by atoms with Gasteiger partial charge in [-0.3, -0.25) is 20.4 Å². The van der Waals surface area contributed by atoms with E-state index in [0.29, 0.717) is 27.7 Å². The smallest absolute Gasteiger partial charge is 0.273 e. The van der Waals surface area contributed by atoms with Crippen molar-refractivity contribution in [1.29, 1.82) is 0 Å². The summed E-state index contributed by atoms with van der Waals surface area (Å²) in [5.41, 5.74) is 7.28. The molecule has 8 nitrogen and oxygen atoms in total. The second kappa shape index (κ2) is 8.09. The molecule has 3 aromatic heterocycles. The lowest BCUT2D eigenvalue weighted by Crippen LogP contribution is -2.42. The molecule has 0 saturated carbocycles. The first kappa shape index (κ1) is 18.7. The highest BCUT2D eigenvalue weighted by molar-refractivity contribution is 7.98. The summed E-state index contributed by atoms with van der Waals surface area (Å²) in [6.07, 6.45) is 3.02. The lowest BCUT2D eigenvalue weighted by Gasteiger charge is -2.10. The first-order valence-corrected chi connectivity index (χ1v) is 9.10. The van der Waals surface area contributed by atoms with Crippen molar-refractivity contribution in [3.63, 3.8) is 0 Å². The fourth-order valence-corrected chi connectivity index (χ4v) is 3.54. The molecule has 0 spiro atoms. The number of thioether (sulfide) groups is 1. The molecule has 3 aromatic rings. The van der Waals surface area contributed by atoms with E-state index in [0.717, 1.165) is 17.0 Å². The highest BCUT2D eigenvalue weighted by Crippen LogP contribution is 2.27. The van der Waals surface area contributed by atoms with Crippen LogP contribution in [0.2, 0.25) is 0 Å². The number of hydrogen-bond acceptors (Lipinski definition) is 7. The van der Waals surface area contributed by atoms with Crippen LogP contribution in [0.15, 0.2) is 44.6 Å². The number of amides is 2. The van der Waals surface area contributed by atoms with Crippen LogP contribution >= 0.6 is 11.8 Å². The van der Waals surface area contributed by atoms with Gasteiger partial charge < -0.3 is 8.94 Å². The molecule has 27 heavy (non-hydrogen) atoms. The zero-order valence-electron chi connectivity index (χ0n) is 15.0. The van der Waals surface area contributed by atoms with Gasteiger partial charge in [0.25, 0.3) is 11.8 Å². The summed E-state index contributed by atoms with van der Waals surface area (Å²) in [7, 11) is 0. The Kier molecular flexibility index (Phi) is 5.60. The number of hydrogen-bond donors (Lipinski definition) is 2. The van der Waals surface area contributed by atoms with E-state index in [2.05, 4.69) is 21.0 Å². The number of aromatic nitrogens is 2. The quantitative estimate of drug-likeness (QED) is 0.512. The van der Waals surface area contributed by atoms with Gasteiger partial charge >= 0.3 is 0 Å². The number of carbonyl (C=O) groups excluding carboxylic acids is 2. The zero-order chi connectivity index (χ0) is 19.4. The van der Waals surface area contributed by atoms with Crippen molar-refractivity contribution >= 4 is 23.6 Å². The molecule has 0 unspecified atom stereocenters. The molecular weight excluding hydrogens is 368 g/mol. The number of carbonyl (C=O) groups is 2. The van der Waals surface area contributed by atoms with E-state index in [1.54, 1.807) is 25.3 Å². The van der Waals surface area contributed by atoms with Crippen molar-refractivity contribution in [3.8, 4) is 0 Å². The SMILES string of the molecule is Cc1noc(C)c1CSc1ncccc1C(=O)NNC(=O)c1ccoc1C. The Hall–Kier alpha value is -3.07.